The molecule has 1 aliphatic heterocycles. The summed E-state index contributed by atoms with van der Waals surface area (Å²) >= 11 is 0. The number of hydrogen-bond acceptors (Lipinski definition) is 8. The number of anilines is 1. The van der Waals surface area contributed by atoms with Gasteiger partial charge in [0.25, 0.3) is 11.8 Å². The lowest BCUT2D eigenvalue weighted by Gasteiger charge is -2.38. The fourth-order valence-electron chi connectivity index (χ4n) is 6.17. The van der Waals surface area contributed by atoms with Gasteiger partial charge in [-0.15, -0.1) is 0 Å². The fraction of sp³-hybridized carbons (Fsp3) is 0.308. The predicted molar refractivity (Wildman–Crippen MR) is 200 cm³/mol. The van der Waals surface area contributed by atoms with Crippen molar-refractivity contribution in [3.8, 4) is 5.75 Å². The SMILES string of the molecule is COc1ccccc1CN1CCN[C@@H]([C@@H](O)[C@H](Cc2ccccc2)NC(=O)c2cc(C(=O)N[C@H](C)c3ccccc3)cc(N(C)S(C)(=O)=O)c2)C1=O. The van der Waals surface area contributed by atoms with Gasteiger partial charge in [-0.25, -0.2) is 8.42 Å². The predicted octanol–water partition coefficient (Wildman–Crippen LogP) is 3.28. The number of nitrogens with one attached hydrogen (secondary N) is 3. The fourth-order valence-corrected chi connectivity index (χ4v) is 6.66. The van der Waals surface area contributed by atoms with Gasteiger partial charge < -0.3 is 30.7 Å². The highest BCUT2D eigenvalue weighted by Crippen LogP contribution is 2.24. The van der Waals surface area contributed by atoms with Gasteiger partial charge in [0.2, 0.25) is 15.9 Å². The summed E-state index contributed by atoms with van der Waals surface area (Å²) < 4.78 is 31.6. The molecule has 0 aliphatic carbocycles. The minimum atomic E-state index is -3.77. The summed E-state index contributed by atoms with van der Waals surface area (Å²) in [5.74, 6) is -0.864. The smallest absolute Gasteiger partial charge is 0.251 e. The highest BCUT2D eigenvalue weighted by atomic mass is 32.2. The maximum Gasteiger partial charge on any atom is 0.251 e. The third kappa shape index (κ3) is 9.35. The molecule has 4 aromatic carbocycles. The second-order valence-electron chi connectivity index (χ2n) is 12.9. The van der Waals surface area contributed by atoms with Crippen molar-refractivity contribution in [2.75, 3.05) is 37.8 Å². The number of benzene rings is 4. The molecule has 3 amide bonds. The molecule has 4 aromatic rings. The maximum absolute atomic E-state index is 14.1. The molecule has 1 fully saturated rings. The molecule has 1 aliphatic rings. The molecule has 1 saturated heterocycles. The van der Waals surface area contributed by atoms with E-state index in [0.717, 1.165) is 27.3 Å². The first-order valence-electron chi connectivity index (χ1n) is 17.0. The lowest BCUT2D eigenvalue weighted by Crippen LogP contribution is -2.63. The normalized spacial score (nSPS) is 16.4. The van der Waals surface area contributed by atoms with Crippen LogP contribution in [0, 0.1) is 0 Å². The average Bonchev–Trinajstić information content (AvgIpc) is 3.15. The number of piperazine rings is 1. The van der Waals surface area contributed by atoms with Crippen LogP contribution in [0.15, 0.2) is 103 Å². The number of sulfonamides is 1. The van der Waals surface area contributed by atoms with E-state index >= 15 is 0 Å². The molecule has 4 atom stereocenters. The number of hydrogen-bond donors (Lipinski definition) is 4. The number of nitrogens with zero attached hydrogens (tertiary/aromatic N) is 2. The minimum absolute atomic E-state index is 0.00324. The van der Waals surface area contributed by atoms with Crippen molar-refractivity contribution >= 4 is 33.4 Å². The Morgan fingerprint density at radius 3 is 2.17 bits per heavy atom. The quantitative estimate of drug-likeness (QED) is 0.154. The Balaban J connectivity index is 1.43. The number of methoxy groups -OCH3 is 1. The van der Waals surface area contributed by atoms with Gasteiger partial charge in [-0.05, 0) is 48.7 Å². The highest BCUT2D eigenvalue weighted by molar-refractivity contribution is 7.92. The summed E-state index contributed by atoms with van der Waals surface area (Å²) in [6.45, 7) is 2.91. The zero-order valence-corrected chi connectivity index (χ0v) is 30.5. The Kier molecular flexibility index (Phi) is 12.3. The van der Waals surface area contributed by atoms with Gasteiger partial charge in [0.05, 0.1) is 37.2 Å². The number of aliphatic hydroxyl groups excluding tert-OH is 1. The van der Waals surface area contributed by atoms with E-state index in [1.807, 2.05) is 91.9 Å². The first-order valence-corrected chi connectivity index (χ1v) is 18.8. The van der Waals surface area contributed by atoms with Crippen LogP contribution in [-0.2, 0) is 27.8 Å². The van der Waals surface area contributed by atoms with E-state index in [9.17, 15) is 27.9 Å². The number of carbonyl (C=O) groups is 3. The number of para-hydroxylation sites is 1. The first-order chi connectivity index (χ1) is 24.8. The molecule has 4 N–H and O–H groups in total. The van der Waals surface area contributed by atoms with Gasteiger partial charge in [0.1, 0.15) is 11.8 Å². The van der Waals surface area contributed by atoms with Crippen molar-refractivity contribution < 1.29 is 32.6 Å². The Bertz CT molecular complexity index is 1980. The lowest BCUT2D eigenvalue weighted by molar-refractivity contribution is -0.140. The van der Waals surface area contributed by atoms with Crippen LogP contribution in [0.5, 0.6) is 5.75 Å². The Morgan fingerprint density at radius 1 is 0.942 bits per heavy atom. The van der Waals surface area contributed by atoms with Gasteiger partial charge in [-0.1, -0.05) is 78.9 Å². The van der Waals surface area contributed by atoms with Gasteiger partial charge in [0, 0.05) is 43.4 Å². The van der Waals surface area contributed by atoms with Crippen LogP contribution in [0.25, 0.3) is 0 Å². The molecule has 1 heterocycles. The second-order valence-corrected chi connectivity index (χ2v) is 14.9. The number of amides is 3. The standard InChI is InChI=1S/C39H45N5O7S/c1-26(28-15-9-6-10-16-28)41-37(46)30-22-31(24-32(23-30)43(2)52(4,49)50)38(47)42-33(21-27-13-7-5-8-14-27)36(45)35-39(48)44(20-19-40-35)25-29-17-11-12-18-34(29)51-3/h5-18,22-24,26,33,35-36,40,45H,19-21,25H2,1-4H3,(H,41,46)(H,42,47)/t26-,33+,35+,36+/m1/s1. The molecular formula is C39H45N5O7S. The number of rotatable bonds is 14. The topological polar surface area (TPSA) is 157 Å². The van der Waals surface area contributed by atoms with Crippen LogP contribution >= 0.6 is 0 Å². The van der Waals surface area contributed by atoms with Gasteiger partial charge in [0.15, 0.2) is 0 Å². The largest absolute Gasteiger partial charge is 0.496 e. The van der Waals surface area contributed by atoms with Gasteiger partial charge in [-0.2, -0.15) is 0 Å². The van der Waals surface area contributed by atoms with E-state index in [-0.39, 0.29) is 41.7 Å². The van der Waals surface area contributed by atoms with Crippen LogP contribution in [0.3, 0.4) is 0 Å². The number of aliphatic hydroxyl groups is 1. The summed E-state index contributed by atoms with van der Waals surface area (Å²) in [6, 6.07) is 27.8. The van der Waals surface area contributed by atoms with Crippen molar-refractivity contribution in [1.29, 1.82) is 0 Å². The van der Waals surface area contributed by atoms with Crippen molar-refractivity contribution in [3.63, 3.8) is 0 Å². The van der Waals surface area contributed by atoms with Crippen molar-refractivity contribution in [2.45, 2.75) is 44.1 Å². The molecule has 12 nitrogen and oxygen atoms in total. The van der Waals surface area contributed by atoms with Crippen LogP contribution in [-0.4, -0.2) is 87.8 Å². The van der Waals surface area contributed by atoms with E-state index in [2.05, 4.69) is 16.0 Å². The summed E-state index contributed by atoms with van der Waals surface area (Å²) in [4.78, 5) is 43.1. The molecule has 0 radical (unpaired) electrons. The Morgan fingerprint density at radius 2 is 1.54 bits per heavy atom. The molecule has 0 spiro atoms. The molecule has 0 bridgehead atoms. The maximum atomic E-state index is 14.1. The van der Waals surface area contributed by atoms with E-state index in [4.69, 9.17) is 4.74 Å². The summed E-state index contributed by atoms with van der Waals surface area (Å²) in [5.41, 5.74) is 2.65. The van der Waals surface area contributed by atoms with Crippen LogP contribution in [0.2, 0.25) is 0 Å². The van der Waals surface area contributed by atoms with Crippen LogP contribution < -0.4 is 25.0 Å². The molecular weight excluding hydrogens is 683 g/mol. The summed E-state index contributed by atoms with van der Waals surface area (Å²) in [7, 11) is -0.866. The molecule has 274 valence electrons. The molecule has 52 heavy (non-hydrogen) atoms. The van der Waals surface area contributed by atoms with E-state index in [0.29, 0.717) is 18.8 Å². The minimum Gasteiger partial charge on any atom is -0.496 e. The van der Waals surface area contributed by atoms with Gasteiger partial charge >= 0.3 is 0 Å². The monoisotopic (exact) mass is 727 g/mol. The average molecular weight is 728 g/mol. The Labute approximate surface area is 304 Å². The van der Waals surface area contributed by atoms with Crippen molar-refractivity contribution in [1.82, 2.24) is 20.9 Å². The molecule has 0 aromatic heterocycles. The van der Waals surface area contributed by atoms with Crippen molar-refractivity contribution in [3.05, 3.63) is 131 Å². The zero-order valence-electron chi connectivity index (χ0n) is 29.7. The Hall–Kier alpha value is -5.24. The van der Waals surface area contributed by atoms with E-state index in [1.54, 1.807) is 12.0 Å². The number of ether oxygens (including phenoxy) is 1. The molecule has 5 rings (SSSR count). The molecule has 0 saturated carbocycles. The van der Waals surface area contributed by atoms with Crippen molar-refractivity contribution in [2.24, 2.45) is 0 Å². The lowest BCUT2D eigenvalue weighted by atomic mass is 9.93. The zero-order chi connectivity index (χ0) is 37.4. The summed E-state index contributed by atoms with van der Waals surface area (Å²) in [5, 5.41) is 20.8. The molecule has 0 unspecified atom stereocenters. The van der Waals surface area contributed by atoms with E-state index in [1.165, 1.54) is 25.2 Å². The van der Waals surface area contributed by atoms with Crippen LogP contribution in [0.1, 0.15) is 50.4 Å². The highest BCUT2D eigenvalue weighted by Gasteiger charge is 2.39. The van der Waals surface area contributed by atoms with Gasteiger partial charge in [-0.3, -0.25) is 18.7 Å². The van der Waals surface area contributed by atoms with Crippen LogP contribution in [0.4, 0.5) is 5.69 Å². The summed E-state index contributed by atoms with van der Waals surface area (Å²) in [6.07, 6.45) is -0.168. The first kappa shape index (κ1) is 38.0. The third-order valence-electron chi connectivity index (χ3n) is 9.20. The third-order valence-corrected chi connectivity index (χ3v) is 10.4. The molecule has 13 heteroatoms. The second kappa shape index (κ2) is 16.9. The number of carbonyl (C=O) groups excluding carboxylic acids is 3. The van der Waals surface area contributed by atoms with E-state index < -0.39 is 40.0 Å².